The van der Waals surface area contributed by atoms with Gasteiger partial charge in [0.05, 0.1) is 6.04 Å². The fourth-order valence-corrected chi connectivity index (χ4v) is 2.90. The number of nitrogens with one attached hydrogen (secondary N) is 1. The third kappa shape index (κ3) is 5.19. The first-order valence-electron chi connectivity index (χ1n) is 7.29. The minimum atomic E-state index is -0.242. The molecule has 0 spiro atoms. The second-order valence-electron chi connectivity index (χ2n) is 5.25. The Morgan fingerprint density at radius 3 is 2.41 bits per heavy atom. The molecule has 1 atom stereocenters. The number of amides is 1. The largest absolute Gasteiger partial charge is 0.350 e. The smallest absolute Gasteiger partial charge is 0.221 e. The molecule has 0 aromatic heterocycles. The summed E-state index contributed by atoms with van der Waals surface area (Å²) in [5.41, 5.74) is 2.31. The highest BCUT2D eigenvalue weighted by Crippen LogP contribution is 2.19. The first kappa shape index (κ1) is 16.6. The van der Waals surface area contributed by atoms with E-state index in [1.54, 1.807) is 23.9 Å². The number of benzene rings is 2. The Labute approximate surface area is 135 Å². The molecule has 2 aromatic carbocycles. The molecule has 0 saturated heterocycles. The zero-order chi connectivity index (χ0) is 15.9. The Balaban J connectivity index is 1.75. The highest BCUT2D eigenvalue weighted by Gasteiger charge is 2.09. The monoisotopic (exact) mass is 317 g/mol. The first-order chi connectivity index (χ1) is 10.5. The zero-order valence-corrected chi connectivity index (χ0v) is 13.6. The molecule has 0 saturated carbocycles. The van der Waals surface area contributed by atoms with Crippen LogP contribution in [0.5, 0.6) is 0 Å². The van der Waals surface area contributed by atoms with Crippen molar-refractivity contribution in [3.8, 4) is 0 Å². The number of thioether (sulfide) groups is 1. The summed E-state index contributed by atoms with van der Waals surface area (Å²) in [4.78, 5) is 12.9. The lowest BCUT2D eigenvalue weighted by Gasteiger charge is -2.14. The van der Waals surface area contributed by atoms with Crippen molar-refractivity contribution in [3.63, 3.8) is 0 Å². The van der Waals surface area contributed by atoms with Crippen molar-refractivity contribution in [2.24, 2.45) is 0 Å². The van der Waals surface area contributed by atoms with Crippen molar-refractivity contribution in [1.82, 2.24) is 5.32 Å². The van der Waals surface area contributed by atoms with Crippen LogP contribution >= 0.6 is 11.8 Å². The van der Waals surface area contributed by atoms with Gasteiger partial charge in [-0.15, -0.1) is 11.8 Å². The van der Waals surface area contributed by atoms with E-state index in [2.05, 4.69) is 5.32 Å². The molecule has 22 heavy (non-hydrogen) atoms. The summed E-state index contributed by atoms with van der Waals surface area (Å²) in [5.74, 6) is 0.467. The van der Waals surface area contributed by atoms with Crippen LogP contribution in [0.1, 0.15) is 30.5 Å². The standard InChI is InChI=1S/C18H20FNOS/c1-13-3-5-15(6-4-13)14(2)20-18(21)11-12-22-17-9-7-16(19)8-10-17/h3-10,14H,11-12H2,1-2H3,(H,20,21). The molecule has 2 aromatic rings. The van der Waals surface area contributed by atoms with Gasteiger partial charge in [0, 0.05) is 17.1 Å². The van der Waals surface area contributed by atoms with Crippen molar-refractivity contribution in [2.75, 3.05) is 5.75 Å². The van der Waals surface area contributed by atoms with E-state index in [0.29, 0.717) is 12.2 Å². The van der Waals surface area contributed by atoms with E-state index in [1.807, 2.05) is 38.1 Å². The van der Waals surface area contributed by atoms with Gasteiger partial charge < -0.3 is 5.32 Å². The molecule has 0 aliphatic carbocycles. The Kier molecular flexibility index (Phi) is 6.01. The Morgan fingerprint density at radius 1 is 1.14 bits per heavy atom. The van der Waals surface area contributed by atoms with Crippen molar-refractivity contribution in [1.29, 1.82) is 0 Å². The number of rotatable bonds is 6. The summed E-state index contributed by atoms with van der Waals surface area (Å²) in [6.07, 6.45) is 0.443. The highest BCUT2D eigenvalue weighted by molar-refractivity contribution is 7.99. The molecule has 0 aliphatic heterocycles. The molecule has 0 radical (unpaired) electrons. The van der Waals surface area contributed by atoms with E-state index < -0.39 is 0 Å². The van der Waals surface area contributed by atoms with Crippen LogP contribution < -0.4 is 5.32 Å². The van der Waals surface area contributed by atoms with Gasteiger partial charge in [-0.2, -0.15) is 0 Å². The lowest BCUT2D eigenvalue weighted by atomic mass is 10.1. The van der Waals surface area contributed by atoms with Gasteiger partial charge in [0.1, 0.15) is 5.82 Å². The summed E-state index contributed by atoms with van der Waals surface area (Å²) in [6.45, 7) is 4.02. The Hall–Kier alpha value is -1.81. The van der Waals surface area contributed by atoms with E-state index >= 15 is 0 Å². The molecule has 2 rings (SSSR count). The quantitative estimate of drug-likeness (QED) is 0.795. The molecule has 2 nitrogen and oxygen atoms in total. The minimum absolute atomic E-state index is 0.00363. The predicted octanol–water partition coefficient (Wildman–Crippen LogP) is 4.49. The predicted molar refractivity (Wildman–Crippen MR) is 89.5 cm³/mol. The van der Waals surface area contributed by atoms with E-state index in [-0.39, 0.29) is 17.8 Å². The molecule has 116 valence electrons. The number of halogens is 1. The van der Waals surface area contributed by atoms with Crippen LogP contribution in [0.15, 0.2) is 53.4 Å². The van der Waals surface area contributed by atoms with Crippen LogP contribution in [0.4, 0.5) is 4.39 Å². The number of hydrogen-bond acceptors (Lipinski definition) is 2. The summed E-state index contributed by atoms with van der Waals surface area (Å²) in [6, 6.07) is 14.5. The van der Waals surface area contributed by atoms with Crippen LogP contribution in [0, 0.1) is 12.7 Å². The highest BCUT2D eigenvalue weighted by atomic mass is 32.2. The Morgan fingerprint density at radius 2 is 1.77 bits per heavy atom. The van der Waals surface area contributed by atoms with Gasteiger partial charge in [-0.05, 0) is 43.7 Å². The maximum absolute atomic E-state index is 12.8. The molecule has 1 amide bonds. The SMILES string of the molecule is Cc1ccc(C(C)NC(=O)CCSc2ccc(F)cc2)cc1. The zero-order valence-electron chi connectivity index (χ0n) is 12.8. The lowest BCUT2D eigenvalue weighted by molar-refractivity contribution is -0.121. The van der Waals surface area contributed by atoms with E-state index in [1.165, 1.54) is 17.7 Å². The number of aryl methyl sites for hydroxylation is 1. The van der Waals surface area contributed by atoms with Gasteiger partial charge in [0.25, 0.3) is 0 Å². The fraction of sp³-hybridized carbons (Fsp3) is 0.278. The van der Waals surface area contributed by atoms with Crippen LogP contribution in [0.3, 0.4) is 0 Å². The fourth-order valence-electron chi connectivity index (χ4n) is 2.04. The minimum Gasteiger partial charge on any atom is -0.350 e. The summed E-state index contributed by atoms with van der Waals surface area (Å²) in [5, 5.41) is 3.00. The van der Waals surface area contributed by atoms with E-state index in [9.17, 15) is 9.18 Å². The third-order valence-corrected chi connectivity index (χ3v) is 4.38. The van der Waals surface area contributed by atoms with Gasteiger partial charge in [0.2, 0.25) is 5.91 Å². The normalized spacial score (nSPS) is 12.0. The van der Waals surface area contributed by atoms with Crippen LogP contribution in [0.25, 0.3) is 0 Å². The van der Waals surface area contributed by atoms with Gasteiger partial charge in [-0.1, -0.05) is 29.8 Å². The van der Waals surface area contributed by atoms with Crippen molar-refractivity contribution < 1.29 is 9.18 Å². The topological polar surface area (TPSA) is 29.1 Å². The summed E-state index contributed by atoms with van der Waals surface area (Å²) in [7, 11) is 0. The molecule has 0 fully saturated rings. The lowest BCUT2D eigenvalue weighted by Crippen LogP contribution is -2.26. The second-order valence-corrected chi connectivity index (χ2v) is 6.42. The summed E-state index contributed by atoms with van der Waals surface area (Å²) >= 11 is 1.55. The molecule has 0 heterocycles. The maximum atomic E-state index is 12.8. The van der Waals surface area contributed by atoms with Crippen LogP contribution in [0.2, 0.25) is 0 Å². The molecular weight excluding hydrogens is 297 g/mol. The van der Waals surface area contributed by atoms with Crippen LogP contribution in [-0.4, -0.2) is 11.7 Å². The maximum Gasteiger partial charge on any atom is 0.221 e. The van der Waals surface area contributed by atoms with Gasteiger partial charge in [0.15, 0.2) is 0 Å². The van der Waals surface area contributed by atoms with Gasteiger partial charge >= 0.3 is 0 Å². The van der Waals surface area contributed by atoms with Gasteiger partial charge in [-0.25, -0.2) is 4.39 Å². The van der Waals surface area contributed by atoms with Crippen molar-refractivity contribution in [3.05, 3.63) is 65.5 Å². The average molecular weight is 317 g/mol. The molecule has 4 heteroatoms. The molecule has 1 unspecified atom stereocenters. The van der Waals surface area contributed by atoms with Gasteiger partial charge in [-0.3, -0.25) is 4.79 Å². The first-order valence-corrected chi connectivity index (χ1v) is 8.27. The van der Waals surface area contributed by atoms with E-state index in [4.69, 9.17) is 0 Å². The number of carbonyl (C=O) groups is 1. The molecular formula is C18H20FNOS. The third-order valence-electron chi connectivity index (χ3n) is 3.37. The molecule has 0 aliphatic rings. The number of hydrogen-bond donors (Lipinski definition) is 1. The van der Waals surface area contributed by atoms with E-state index in [0.717, 1.165) is 10.5 Å². The second kappa shape index (κ2) is 7.99. The van der Waals surface area contributed by atoms with Crippen LogP contribution in [-0.2, 0) is 4.79 Å². The average Bonchev–Trinajstić information content (AvgIpc) is 2.50. The summed E-state index contributed by atoms with van der Waals surface area (Å²) < 4.78 is 12.8. The van der Waals surface area contributed by atoms with Crippen molar-refractivity contribution >= 4 is 17.7 Å². The number of carbonyl (C=O) groups excluding carboxylic acids is 1. The van der Waals surface area contributed by atoms with Crippen molar-refractivity contribution in [2.45, 2.75) is 31.2 Å². The molecule has 1 N–H and O–H groups in total. The Bertz CT molecular complexity index is 610. The molecule has 0 bridgehead atoms.